The van der Waals surface area contributed by atoms with Crippen molar-refractivity contribution in [2.24, 2.45) is 0 Å². The highest BCUT2D eigenvalue weighted by Gasteiger charge is 2.25. The summed E-state index contributed by atoms with van der Waals surface area (Å²) >= 11 is 0. The van der Waals surface area contributed by atoms with E-state index in [9.17, 15) is 24.8 Å². The first-order chi connectivity index (χ1) is 9.40. The number of hydrogen-bond acceptors (Lipinski definition) is 5. The number of carbonyl (C=O) groups excluding carboxylic acids is 2. The molecule has 0 bridgehead atoms. The van der Waals surface area contributed by atoms with Gasteiger partial charge in [-0.3, -0.25) is 19.7 Å². The number of carbonyl (C=O) groups is 2. The van der Waals surface area contributed by atoms with Gasteiger partial charge in [0.25, 0.3) is 11.6 Å². The van der Waals surface area contributed by atoms with E-state index in [1.54, 1.807) is 6.92 Å². The van der Waals surface area contributed by atoms with Crippen LogP contribution in [0.25, 0.3) is 0 Å². The lowest BCUT2D eigenvalue weighted by Gasteiger charge is -2.19. The Bertz CT molecular complexity index is 544. The van der Waals surface area contributed by atoms with Crippen LogP contribution in [0.2, 0.25) is 0 Å². The molecule has 1 rings (SSSR count). The van der Waals surface area contributed by atoms with Gasteiger partial charge in [-0.2, -0.15) is 0 Å². The summed E-state index contributed by atoms with van der Waals surface area (Å²) in [5.41, 5.74) is -0.663. The number of nitro groups is 1. The molecule has 0 atom stereocenters. The molecule has 0 fully saturated rings. The maximum Gasteiger partial charge on any atom is 0.282 e. The van der Waals surface area contributed by atoms with Crippen LogP contribution in [0.15, 0.2) is 18.2 Å². The zero-order chi connectivity index (χ0) is 15.3. The summed E-state index contributed by atoms with van der Waals surface area (Å²) in [4.78, 5) is 34.9. The Morgan fingerprint density at radius 2 is 2.10 bits per heavy atom. The zero-order valence-corrected chi connectivity index (χ0v) is 11.1. The molecule has 108 valence electrons. The zero-order valence-electron chi connectivity index (χ0n) is 11.1. The molecule has 0 saturated heterocycles. The van der Waals surface area contributed by atoms with Gasteiger partial charge in [-0.05, 0) is 19.1 Å². The van der Waals surface area contributed by atoms with Crippen molar-refractivity contribution in [1.29, 1.82) is 0 Å². The highest BCUT2D eigenvalue weighted by molar-refractivity contribution is 6.00. The minimum absolute atomic E-state index is 0.207. The molecule has 0 unspecified atom stereocenters. The van der Waals surface area contributed by atoms with Crippen LogP contribution in [0, 0.1) is 10.1 Å². The molecular weight excluding hydrogens is 266 g/mol. The molecule has 1 aromatic carbocycles. The largest absolute Gasteiger partial charge is 0.508 e. The van der Waals surface area contributed by atoms with Crippen LogP contribution in [-0.2, 0) is 4.79 Å². The summed E-state index contributed by atoms with van der Waals surface area (Å²) in [7, 11) is 1.43. The van der Waals surface area contributed by atoms with E-state index in [0.29, 0.717) is 0 Å². The Balaban J connectivity index is 3.14. The van der Waals surface area contributed by atoms with Gasteiger partial charge in [0.1, 0.15) is 11.3 Å². The number of phenols is 1. The quantitative estimate of drug-likeness (QED) is 0.603. The number of nitrogens with zero attached hydrogens (tertiary/aromatic N) is 2. The van der Waals surface area contributed by atoms with Gasteiger partial charge in [0, 0.05) is 19.7 Å². The molecular formula is C12H15N3O5. The van der Waals surface area contributed by atoms with Crippen LogP contribution in [0.4, 0.5) is 5.69 Å². The normalized spacial score (nSPS) is 9.90. The van der Waals surface area contributed by atoms with E-state index in [1.807, 2.05) is 0 Å². The first kappa shape index (κ1) is 15.4. The van der Waals surface area contributed by atoms with Crippen molar-refractivity contribution in [1.82, 2.24) is 10.2 Å². The van der Waals surface area contributed by atoms with Crippen molar-refractivity contribution in [3.05, 3.63) is 33.9 Å². The van der Waals surface area contributed by atoms with Crippen molar-refractivity contribution in [2.45, 2.75) is 6.92 Å². The van der Waals surface area contributed by atoms with Gasteiger partial charge in [-0.1, -0.05) is 0 Å². The summed E-state index contributed by atoms with van der Waals surface area (Å²) < 4.78 is 0. The minimum Gasteiger partial charge on any atom is -0.508 e. The number of aromatic hydroxyl groups is 1. The molecule has 8 nitrogen and oxygen atoms in total. The number of hydrogen-bond donors (Lipinski definition) is 2. The molecule has 1 aromatic rings. The Kier molecular flexibility index (Phi) is 5.01. The highest BCUT2D eigenvalue weighted by Crippen LogP contribution is 2.24. The van der Waals surface area contributed by atoms with Crippen LogP contribution in [0.1, 0.15) is 17.3 Å². The third-order valence-corrected chi connectivity index (χ3v) is 2.69. The second-order valence-corrected chi connectivity index (χ2v) is 3.95. The van der Waals surface area contributed by atoms with Crippen LogP contribution >= 0.6 is 0 Å². The van der Waals surface area contributed by atoms with Crippen molar-refractivity contribution in [3.63, 3.8) is 0 Å². The maximum atomic E-state index is 12.2. The van der Waals surface area contributed by atoms with Gasteiger partial charge >= 0.3 is 0 Å². The van der Waals surface area contributed by atoms with Gasteiger partial charge in [0.2, 0.25) is 5.91 Å². The van der Waals surface area contributed by atoms with E-state index in [4.69, 9.17) is 0 Å². The molecule has 0 aliphatic heterocycles. The fourth-order valence-corrected chi connectivity index (χ4v) is 1.60. The summed E-state index contributed by atoms with van der Waals surface area (Å²) in [6.07, 6.45) is 0. The fourth-order valence-electron chi connectivity index (χ4n) is 1.60. The standard InChI is InChI=1S/C12H15N3O5/c1-3-14(7-11(17)13-2)12(18)9-6-8(16)4-5-10(9)15(19)20/h4-6,16H,3,7H2,1-2H3,(H,13,17). The highest BCUT2D eigenvalue weighted by atomic mass is 16.6. The van der Waals surface area contributed by atoms with E-state index in [0.717, 1.165) is 23.1 Å². The number of nitro benzene ring substituents is 1. The van der Waals surface area contributed by atoms with Crippen LogP contribution in [-0.4, -0.2) is 46.9 Å². The number of likely N-dealkylation sites (N-methyl/N-ethyl adjacent to an activating group) is 2. The Morgan fingerprint density at radius 3 is 2.60 bits per heavy atom. The molecule has 8 heteroatoms. The molecule has 0 spiro atoms. The molecule has 0 aliphatic carbocycles. The lowest BCUT2D eigenvalue weighted by atomic mass is 10.1. The van der Waals surface area contributed by atoms with Crippen molar-refractivity contribution in [3.8, 4) is 5.75 Å². The van der Waals surface area contributed by atoms with E-state index in [2.05, 4.69) is 5.32 Å². The SMILES string of the molecule is CCN(CC(=O)NC)C(=O)c1cc(O)ccc1[N+](=O)[O-]. The summed E-state index contributed by atoms with van der Waals surface area (Å²) in [5.74, 6) is -1.32. The maximum absolute atomic E-state index is 12.2. The molecule has 20 heavy (non-hydrogen) atoms. The predicted octanol–water partition coefficient (Wildman–Crippen LogP) is 0.508. The Morgan fingerprint density at radius 1 is 1.45 bits per heavy atom. The van der Waals surface area contributed by atoms with Gasteiger partial charge < -0.3 is 15.3 Å². The first-order valence-corrected chi connectivity index (χ1v) is 5.88. The molecule has 2 amide bonds. The number of rotatable bonds is 5. The van der Waals surface area contributed by atoms with E-state index >= 15 is 0 Å². The van der Waals surface area contributed by atoms with Crippen molar-refractivity contribution < 1.29 is 19.6 Å². The summed E-state index contributed by atoms with van der Waals surface area (Å²) in [5, 5.41) is 22.6. The monoisotopic (exact) mass is 281 g/mol. The molecule has 0 aromatic heterocycles. The fraction of sp³-hybridized carbons (Fsp3) is 0.333. The third kappa shape index (κ3) is 3.44. The summed E-state index contributed by atoms with van der Waals surface area (Å²) in [6, 6.07) is 3.20. The lowest BCUT2D eigenvalue weighted by Crippen LogP contribution is -2.39. The van der Waals surface area contributed by atoms with Crippen molar-refractivity contribution >= 4 is 17.5 Å². The van der Waals surface area contributed by atoms with E-state index < -0.39 is 16.5 Å². The molecule has 2 N–H and O–H groups in total. The lowest BCUT2D eigenvalue weighted by molar-refractivity contribution is -0.385. The van der Waals surface area contributed by atoms with Crippen LogP contribution < -0.4 is 5.32 Å². The number of benzene rings is 1. The number of nitrogens with one attached hydrogen (secondary N) is 1. The number of phenolic OH excluding ortho intramolecular Hbond substituents is 1. The molecule has 0 aliphatic rings. The summed E-state index contributed by atoms with van der Waals surface area (Å²) in [6.45, 7) is 1.65. The third-order valence-electron chi connectivity index (χ3n) is 2.69. The van der Waals surface area contributed by atoms with E-state index in [1.165, 1.54) is 7.05 Å². The van der Waals surface area contributed by atoms with Crippen LogP contribution in [0.3, 0.4) is 0 Å². The van der Waals surface area contributed by atoms with Crippen LogP contribution in [0.5, 0.6) is 5.75 Å². The molecule has 0 radical (unpaired) electrons. The molecule has 0 saturated carbocycles. The second kappa shape index (κ2) is 6.50. The van der Waals surface area contributed by atoms with Gasteiger partial charge in [0.15, 0.2) is 0 Å². The van der Waals surface area contributed by atoms with Gasteiger partial charge in [-0.25, -0.2) is 0 Å². The topological polar surface area (TPSA) is 113 Å². The molecule has 0 heterocycles. The predicted molar refractivity (Wildman–Crippen MR) is 70.4 cm³/mol. The van der Waals surface area contributed by atoms with Crippen molar-refractivity contribution in [2.75, 3.05) is 20.1 Å². The second-order valence-electron chi connectivity index (χ2n) is 3.95. The Labute approximate surface area is 115 Å². The smallest absolute Gasteiger partial charge is 0.282 e. The average molecular weight is 281 g/mol. The van der Waals surface area contributed by atoms with Gasteiger partial charge in [0.05, 0.1) is 11.5 Å². The minimum atomic E-state index is -0.708. The first-order valence-electron chi connectivity index (χ1n) is 5.88. The van der Waals surface area contributed by atoms with Gasteiger partial charge in [-0.15, -0.1) is 0 Å². The van der Waals surface area contributed by atoms with E-state index in [-0.39, 0.29) is 30.3 Å². The number of amides is 2. The average Bonchev–Trinajstić information content (AvgIpc) is 2.43. The Hall–Kier alpha value is -2.64.